The van der Waals surface area contributed by atoms with E-state index in [1.807, 2.05) is 6.92 Å². The van der Waals surface area contributed by atoms with E-state index >= 15 is 0 Å². The first-order chi connectivity index (χ1) is 9.86. The monoisotopic (exact) mass is 301 g/mol. The summed E-state index contributed by atoms with van der Waals surface area (Å²) in [6, 6.07) is -1.30. The number of primary amides is 1. The molecule has 8 nitrogen and oxygen atoms in total. The summed E-state index contributed by atoms with van der Waals surface area (Å²) >= 11 is 0. The molecule has 0 saturated carbocycles. The number of nitrogens with two attached hydrogens (primary N) is 1. The van der Waals surface area contributed by atoms with E-state index in [0.717, 1.165) is 0 Å². The lowest BCUT2D eigenvalue weighted by atomic mass is 10.0. The zero-order valence-electron chi connectivity index (χ0n) is 12.4. The topological polar surface area (TPSA) is 122 Å². The molecule has 1 rings (SSSR count). The second kappa shape index (κ2) is 7.82. The summed E-state index contributed by atoms with van der Waals surface area (Å²) in [6.07, 6.45) is 0.732. The second-order valence-corrected chi connectivity index (χ2v) is 5.26. The molecule has 21 heavy (non-hydrogen) atoms. The molecular formula is C13H23N3O5. The summed E-state index contributed by atoms with van der Waals surface area (Å²) in [4.78, 5) is 35.8. The number of carboxylic acids is 1. The predicted octanol–water partition coefficient (Wildman–Crippen LogP) is -0.228. The Labute approximate surface area is 123 Å². The van der Waals surface area contributed by atoms with Crippen LogP contribution in [-0.4, -0.2) is 59.8 Å². The Bertz CT molecular complexity index is 401. The summed E-state index contributed by atoms with van der Waals surface area (Å²) in [5.74, 6) is -2.21. The van der Waals surface area contributed by atoms with Crippen molar-refractivity contribution in [2.45, 2.75) is 38.8 Å². The number of aliphatic carboxylic acids is 1. The van der Waals surface area contributed by atoms with E-state index in [9.17, 15) is 19.5 Å². The van der Waals surface area contributed by atoms with Gasteiger partial charge in [0, 0.05) is 19.0 Å². The SMILES string of the molecule is CCCN(C(=O)NC(C)CC(N)=O)C1COCC1C(=O)O. The number of nitrogens with one attached hydrogen (secondary N) is 1. The largest absolute Gasteiger partial charge is 0.481 e. The van der Waals surface area contributed by atoms with E-state index in [1.54, 1.807) is 6.92 Å². The van der Waals surface area contributed by atoms with Crippen molar-refractivity contribution in [1.29, 1.82) is 0 Å². The van der Waals surface area contributed by atoms with Crippen LogP contribution in [0.2, 0.25) is 0 Å². The summed E-state index contributed by atoms with van der Waals surface area (Å²) < 4.78 is 5.20. The molecule has 0 spiro atoms. The first kappa shape index (κ1) is 17.2. The summed E-state index contributed by atoms with van der Waals surface area (Å²) in [7, 11) is 0. The lowest BCUT2D eigenvalue weighted by Crippen LogP contribution is -2.53. The van der Waals surface area contributed by atoms with Crippen molar-refractivity contribution in [1.82, 2.24) is 10.2 Å². The lowest BCUT2D eigenvalue weighted by molar-refractivity contribution is -0.142. The molecule has 3 amide bonds. The van der Waals surface area contributed by atoms with Crippen LogP contribution in [0, 0.1) is 5.92 Å². The molecule has 120 valence electrons. The van der Waals surface area contributed by atoms with Crippen molar-refractivity contribution < 1.29 is 24.2 Å². The van der Waals surface area contributed by atoms with Gasteiger partial charge in [0.2, 0.25) is 5.91 Å². The number of hydrogen-bond acceptors (Lipinski definition) is 4. The molecule has 0 radical (unpaired) electrons. The van der Waals surface area contributed by atoms with Crippen molar-refractivity contribution in [2.24, 2.45) is 11.7 Å². The minimum absolute atomic E-state index is 0.0369. The number of amides is 3. The van der Waals surface area contributed by atoms with E-state index in [-0.39, 0.29) is 19.6 Å². The molecule has 0 aromatic rings. The number of carbonyl (C=O) groups excluding carboxylic acids is 2. The van der Waals surface area contributed by atoms with Gasteiger partial charge in [0.15, 0.2) is 0 Å². The average molecular weight is 301 g/mol. The molecule has 1 heterocycles. The molecule has 1 aliphatic heterocycles. The molecule has 4 N–H and O–H groups in total. The van der Waals surface area contributed by atoms with Gasteiger partial charge < -0.3 is 25.8 Å². The molecule has 0 bridgehead atoms. The van der Waals surface area contributed by atoms with Gasteiger partial charge in [-0.2, -0.15) is 0 Å². The van der Waals surface area contributed by atoms with Gasteiger partial charge in [-0.05, 0) is 13.3 Å². The second-order valence-electron chi connectivity index (χ2n) is 5.26. The number of nitrogens with zero attached hydrogens (tertiary/aromatic N) is 1. The zero-order valence-corrected chi connectivity index (χ0v) is 12.4. The van der Waals surface area contributed by atoms with Crippen LogP contribution < -0.4 is 11.1 Å². The third-order valence-electron chi connectivity index (χ3n) is 3.37. The maximum Gasteiger partial charge on any atom is 0.317 e. The number of urea groups is 1. The van der Waals surface area contributed by atoms with E-state index in [0.29, 0.717) is 13.0 Å². The summed E-state index contributed by atoms with van der Waals surface area (Å²) in [6.45, 7) is 4.30. The Morgan fingerprint density at radius 2 is 2.10 bits per heavy atom. The maximum absolute atomic E-state index is 12.3. The van der Waals surface area contributed by atoms with Gasteiger partial charge in [-0.25, -0.2) is 4.79 Å². The third-order valence-corrected chi connectivity index (χ3v) is 3.37. The van der Waals surface area contributed by atoms with Gasteiger partial charge in [0.25, 0.3) is 0 Å². The Morgan fingerprint density at radius 3 is 2.62 bits per heavy atom. The molecule has 1 aliphatic rings. The normalized spacial score (nSPS) is 22.6. The van der Waals surface area contributed by atoms with Gasteiger partial charge in [-0.15, -0.1) is 0 Å². The number of rotatable bonds is 7. The minimum atomic E-state index is -0.975. The lowest BCUT2D eigenvalue weighted by Gasteiger charge is -2.31. The molecule has 3 atom stereocenters. The molecule has 3 unspecified atom stereocenters. The Balaban J connectivity index is 2.73. The van der Waals surface area contributed by atoms with Crippen LogP contribution >= 0.6 is 0 Å². The van der Waals surface area contributed by atoms with Crippen LogP contribution in [0.3, 0.4) is 0 Å². The first-order valence-electron chi connectivity index (χ1n) is 7.02. The van der Waals surface area contributed by atoms with Crippen LogP contribution in [0.15, 0.2) is 0 Å². The summed E-state index contributed by atoms with van der Waals surface area (Å²) in [5, 5.41) is 11.9. The Hall–Kier alpha value is -1.83. The molecule has 0 aromatic heterocycles. The van der Waals surface area contributed by atoms with Crippen LogP contribution in [0.25, 0.3) is 0 Å². The Kier molecular flexibility index (Phi) is 6.41. The highest BCUT2D eigenvalue weighted by Gasteiger charge is 2.39. The highest BCUT2D eigenvalue weighted by Crippen LogP contribution is 2.20. The number of hydrogen-bond donors (Lipinski definition) is 3. The quantitative estimate of drug-likeness (QED) is 0.599. The molecule has 1 saturated heterocycles. The zero-order chi connectivity index (χ0) is 16.0. The van der Waals surface area contributed by atoms with Crippen molar-refractivity contribution in [3.8, 4) is 0 Å². The van der Waals surface area contributed by atoms with Crippen molar-refractivity contribution in [3.63, 3.8) is 0 Å². The van der Waals surface area contributed by atoms with Gasteiger partial charge in [-0.3, -0.25) is 9.59 Å². The van der Waals surface area contributed by atoms with E-state index in [2.05, 4.69) is 5.32 Å². The number of ether oxygens (including phenoxy) is 1. The smallest absolute Gasteiger partial charge is 0.317 e. The molecular weight excluding hydrogens is 278 g/mol. The predicted molar refractivity (Wildman–Crippen MR) is 74.5 cm³/mol. The van der Waals surface area contributed by atoms with Crippen molar-refractivity contribution in [3.05, 3.63) is 0 Å². The van der Waals surface area contributed by atoms with E-state index < -0.39 is 35.9 Å². The van der Waals surface area contributed by atoms with Gasteiger partial charge in [0.1, 0.15) is 5.92 Å². The van der Waals surface area contributed by atoms with Crippen LogP contribution in [0.1, 0.15) is 26.7 Å². The fourth-order valence-corrected chi connectivity index (χ4v) is 2.39. The van der Waals surface area contributed by atoms with Gasteiger partial charge in [0.05, 0.1) is 19.3 Å². The summed E-state index contributed by atoms with van der Waals surface area (Å²) in [5.41, 5.74) is 5.09. The van der Waals surface area contributed by atoms with Crippen LogP contribution in [0.5, 0.6) is 0 Å². The first-order valence-corrected chi connectivity index (χ1v) is 7.02. The Morgan fingerprint density at radius 1 is 1.43 bits per heavy atom. The fraction of sp³-hybridized carbons (Fsp3) is 0.769. The van der Waals surface area contributed by atoms with Crippen molar-refractivity contribution >= 4 is 17.9 Å². The fourth-order valence-electron chi connectivity index (χ4n) is 2.39. The average Bonchev–Trinajstić information content (AvgIpc) is 2.83. The highest BCUT2D eigenvalue weighted by atomic mass is 16.5. The van der Waals surface area contributed by atoms with Crippen LogP contribution in [0.4, 0.5) is 4.79 Å². The minimum Gasteiger partial charge on any atom is -0.481 e. The molecule has 0 aromatic carbocycles. The third kappa shape index (κ3) is 4.89. The van der Waals surface area contributed by atoms with Crippen molar-refractivity contribution in [2.75, 3.05) is 19.8 Å². The number of carboxylic acid groups (broad SMARTS) is 1. The molecule has 1 fully saturated rings. The van der Waals surface area contributed by atoms with Crippen LogP contribution in [-0.2, 0) is 14.3 Å². The maximum atomic E-state index is 12.3. The molecule has 0 aliphatic carbocycles. The highest BCUT2D eigenvalue weighted by molar-refractivity contribution is 5.79. The number of carbonyl (C=O) groups is 3. The molecule has 8 heteroatoms. The van der Waals surface area contributed by atoms with Gasteiger partial charge in [-0.1, -0.05) is 6.92 Å². The van der Waals surface area contributed by atoms with E-state index in [1.165, 1.54) is 4.90 Å². The van der Waals surface area contributed by atoms with E-state index in [4.69, 9.17) is 10.5 Å². The standard InChI is InChI=1S/C13H23N3O5/c1-3-4-16(10-7-21-6-9(10)12(18)19)13(20)15-8(2)5-11(14)17/h8-10H,3-7H2,1-2H3,(H2,14,17)(H,15,20)(H,18,19). The van der Waals surface area contributed by atoms with Gasteiger partial charge >= 0.3 is 12.0 Å².